The number of rotatable bonds is 3. The molecular weight excluding hydrogens is 331 g/mol. The first kappa shape index (κ1) is 15.5. The second-order valence-corrected chi connectivity index (χ2v) is 5.45. The summed E-state index contributed by atoms with van der Waals surface area (Å²) in [6.07, 6.45) is -2.52. The van der Waals surface area contributed by atoms with Gasteiger partial charge in [0.2, 0.25) is 0 Å². The van der Waals surface area contributed by atoms with Crippen molar-refractivity contribution in [3.63, 3.8) is 0 Å². The first-order valence-corrected chi connectivity index (χ1v) is 7.46. The van der Waals surface area contributed by atoms with Crippen LogP contribution in [0.1, 0.15) is 23.0 Å². The molecule has 0 saturated heterocycles. The Hall–Kier alpha value is -2.42. The Balaban J connectivity index is 2.24. The Labute approximate surface area is 132 Å². The number of halogens is 3. The van der Waals surface area contributed by atoms with Crippen LogP contribution in [0.25, 0.3) is 15.9 Å². The van der Waals surface area contributed by atoms with Crippen LogP contribution in [-0.4, -0.2) is 27.3 Å². The Bertz CT molecular complexity index is 870. The van der Waals surface area contributed by atoms with Crippen LogP contribution in [-0.2, 0) is 10.9 Å². The van der Waals surface area contributed by atoms with Crippen LogP contribution in [0, 0.1) is 0 Å². The van der Waals surface area contributed by atoms with Crippen molar-refractivity contribution in [1.29, 1.82) is 0 Å². The van der Waals surface area contributed by atoms with Crippen LogP contribution in [0.5, 0.6) is 0 Å². The molecule has 0 radical (unpaired) electrons. The summed E-state index contributed by atoms with van der Waals surface area (Å²) in [5.74, 6) is -1.05. The van der Waals surface area contributed by atoms with Gasteiger partial charge in [-0.3, -0.25) is 0 Å². The van der Waals surface area contributed by atoms with Gasteiger partial charge in [-0.2, -0.15) is 18.3 Å². The smallest absolute Gasteiger partial charge is 0.434 e. The number of nitrogens with zero attached hydrogens (tertiary/aromatic N) is 3. The van der Waals surface area contributed by atoms with Gasteiger partial charge in [-0.05, 0) is 24.4 Å². The highest BCUT2D eigenvalue weighted by Crippen LogP contribution is 2.35. The van der Waals surface area contributed by atoms with Crippen molar-refractivity contribution in [2.24, 2.45) is 0 Å². The molecular formula is C14H10F3N3O2S. The zero-order valence-corrected chi connectivity index (χ0v) is 12.6. The molecule has 120 valence electrons. The van der Waals surface area contributed by atoms with E-state index in [2.05, 4.69) is 14.8 Å². The molecule has 0 aliphatic heterocycles. The lowest BCUT2D eigenvalue weighted by Gasteiger charge is -2.12. The minimum absolute atomic E-state index is 0.0200. The van der Waals surface area contributed by atoms with Crippen LogP contribution in [0.4, 0.5) is 13.2 Å². The number of carbonyl (C=O) groups excluding carboxylic acids is 1. The van der Waals surface area contributed by atoms with E-state index in [1.807, 2.05) is 0 Å². The summed E-state index contributed by atoms with van der Waals surface area (Å²) in [5, 5.41) is 6.00. The molecule has 5 nitrogen and oxygen atoms in total. The molecule has 0 atom stereocenters. The monoisotopic (exact) mass is 341 g/mol. The normalized spacial score (nSPS) is 11.8. The first-order chi connectivity index (χ1) is 10.9. The van der Waals surface area contributed by atoms with Gasteiger partial charge in [0.1, 0.15) is 5.56 Å². The van der Waals surface area contributed by atoms with E-state index in [1.165, 1.54) is 24.5 Å². The standard InChI is InChI=1S/C14H10F3N3O2S/c1-2-22-13(21)9-7-19-20(11(9)14(15,16)17)12-8-4-6-23-10(8)3-5-18-12/h3-7H,2H2,1H3. The fraction of sp³-hybridized carbons (Fsp3) is 0.214. The molecule has 3 aromatic heterocycles. The Morgan fingerprint density at radius 3 is 2.87 bits per heavy atom. The number of ether oxygens (including phenoxy) is 1. The maximum absolute atomic E-state index is 13.5. The Kier molecular flexibility index (Phi) is 3.80. The van der Waals surface area contributed by atoms with Crippen LogP contribution in [0.15, 0.2) is 29.9 Å². The number of hydrogen-bond donors (Lipinski definition) is 0. The fourth-order valence-corrected chi connectivity index (χ4v) is 2.97. The number of fused-ring (bicyclic) bond motifs is 1. The molecule has 3 rings (SSSR count). The number of carbonyl (C=O) groups is 1. The molecule has 0 N–H and O–H groups in total. The lowest BCUT2D eigenvalue weighted by molar-refractivity contribution is -0.143. The molecule has 0 fully saturated rings. The molecule has 0 aliphatic carbocycles. The summed E-state index contributed by atoms with van der Waals surface area (Å²) in [6, 6.07) is 3.36. The summed E-state index contributed by atoms with van der Waals surface area (Å²) >= 11 is 1.38. The largest absolute Gasteiger partial charge is 0.462 e. The number of hydrogen-bond acceptors (Lipinski definition) is 5. The van der Waals surface area contributed by atoms with Crippen molar-refractivity contribution in [3.05, 3.63) is 41.2 Å². The van der Waals surface area contributed by atoms with E-state index >= 15 is 0 Å². The molecule has 0 aliphatic rings. The predicted octanol–water partition coefficient (Wildman–Crippen LogP) is 3.68. The third-order valence-corrected chi connectivity index (χ3v) is 3.97. The van der Waals surface area contributed by atoms with E-state index < -0.39 is 23.4 Å². The molecule has 23 heavy (non-hydrogen) atoms. The third kappa shape index (κ3) is 2.67. The van der Waals surface area contributed by atoms with Gasteiger partial charge in [0.25, 0.3) is 0 Å². The minimum atomic E-state index is -4.78. The van der Waals surface area contributed by atoms with E-state index in [0.29, 0.717) is 10.1 Å². The van der Waals surface area contributed by atoms with Crippen molar-refractivity contribution in [2.45, 2.75) is 13.1 Å². The number of esters is 1. The van der Waals surface area contributed by atoms with Crippen molar-refractivity contribution in [1.82, 2.24) is 14.8 Å². The maximum Gasteiger partial charge on any atom is 0.434 e. The Morgan fingerprint density at radius 2 is 2.17 bits per heavy atom. The zero-order chi connectivity index (χ0) is 16.6. The summed E-state index contributed by atoms with van der Waals surface area (Å²) in [7, 11) is 0. The highest BCUT2D eigenvalue weighted by molar-refractivity contribution is 7.17. The average Bonchev–Trinajstić information content (AvgIpc) is 3.13. The first-order valence-electron chi connectivity index (χ1n) is 6.58. The van der Waals surface area contributed by atoms with Crippen LogP contribution >= 0.6 is 11.3 Å². The zero-order valence-electron chi connectivity index (χ0n) is 11.8. The number of thiophene rings is 1. The summed E-state index contributed by atoms with van der Waals surface area (Å²) < 4.78 is 46.5. The fourth-order valence-electron chi connectivity index (χ4n) is 2.19. The molecule has 0 unspecified atom stereocenters. The quantitative estimate of drug-likeness (QED) is 0.682. The summed E-state index contributed by atoms with van der Waals surface area (Å²) in [6.45, 7) is 1.49. The molecule has 0 aromatic carbocycles. The van der Waals surface area contributed by atoms with E-state index in [0.717, 1.165) is 10.9 Å². The highest BCUT2D eigenvalue weighted by Gasteiger charge is 2.41. The van der Waals surface area contributed by atoms with Gasteiger partial charge in [0, 0.05) is 16.3 Å². The van der Waals surface area contributed by atoms with Gasteiger partial charge in [-0.25, -0.2) is 14.5 Å². The van der Waals surface area contributed by atoms with Crippen LogP contribution in [0.3, 0.4) is 0 Å². The van der Waals surface area contributed by atoms with Gasteiger partial charge in [0.05, 0.1) is 12.8 Å². The molecule has 0 bridgehead atoms. The average molecular weight is 341 g/mol. The summed E-state index contributed by atoms with van der Waals surface area (Å²) in [4.78, 5) is 15.8. The summed E-state index contributed by atoms with van der Waals surface area (Å²) in [5.41, 5.74) is -1.82. The van der Waals surface area contributed by atoms with Gasteiger partial charge < -0.3 is 4.74 Å². The highest BCUT2D eigenvalue weighted by atomic mass is 32.1. The maximum atomic E-state index is 13.5. The Morgan fingerprint density at radius 1 is 1.39 bits per heavy atom. The van der Waals surface area contributed by atoms with E-state index in [1.54, 1.807) is 17.5 Å². The second kappa shape index (κ2) is 5.65. The van der Waals surface area contributed by atoms with Crippen molar-refractivity contribution < 1.29 is 22.7 Å². The van der Waals surface area contributed by atoms with Gasteiger partial charge in [-0.1, -0.05) is 0 Å². The SMILES string of the molecule is CCOC(=O)c1cnn(-c2nccc3sccc23)c1C(F)(F)F. The topological polar surface area (TPSA) is 57.0 Å². The molecule has 0 amide bonds. The molecule has 3 aromatic rings. The van der Waals surface area contributed by atoms with Gasteiger partial charge in [0.15, 0.2) is 11.5 Å². The number of aromatic nitrogens is 3. The lowest BCUT2D eigenvalue weighted by Crippen LogP contribution is -2.19. The third-order valence-electron chi connectivity index (χ3n) is 3.09. The van der Waals surface area contributed by atoms with Crippen LogP contribution in [0.2, 0.25) is 0 Å². The minimum Gasteiger partial charge on any atom is -0.462 e. The van der Waals surface area contributed by atoms with Gasteiger partial charge in [-0.15, -0.1) is 11.3 Å². The lowest BCUT2D eigenvalue weighted by atomic mass is 10.2. The van der Waals surface area contributed by atoms with E-state index in [9.17, 15) is 18.0 Å². The van der Waals surface area contributed by atoms with Crippen molar-refractivity contribution in [3.8, 4) is 5.82 Å². The number of pyridine rings is 1. The molecule has 0 saturated carbocycles. The molecule has 9 heteroatoms. The second-order valence-electron chi connectivity index (χ2n) is 4.50. The van der Waals surface area contributed by atoms with Crippen molar-refractivity contribution >= 4 is 27.4 Å². The predicted molar refractivity (Wildman–Crippen MR) is 77.7 cm³/mol. The molecule has 3 heterocycles. The van der Waals surface area contributed by atoms with Gasteiger partial charge >= 0.3 is 12.1 Å². The van der Waals surface area contributed by atoms with E-state index in [4.69, 9.17) is 0 Å². The number of alkyl halides is 3. The molecule has 0 spiro atoms. The van der Waals surface area contributed by atoms with Crippen molar-refractivity contribution in [2.75, 3.05) is 6.61 Å². The van der Waals surface area contributed by atoms with Crippen LogP contribution < -0.4 is 0 Å². The van der Waals surface area contributed by atoms with E-state index in [-0.39, 0.29) is 12.4 Å².